The maximum atomic E-state index is 3.62. The average molecular weight is 198 g/mol. The normalized spacial score (nSPS) is 25.9. The first-order valence-electron chi connectivity index (χ1n) is 5.95. The fraction of sp³-hybridized carbons (Fsp3) is 1.00. The molecule has 0 radical (unpaired) electrons. The molecule has 2 nitrogen and oxygen atoms in total. The summed E-state index contributed by atoms with van der Waals surface area (Å²) in [4.78, 5) is 2.44. The molecule has 2 heteroatoms. The van der Waals surface area contributed by atoms with E-state index in [0.717, 1.165) is 6.04 Å². The highest BCUT2D eigenvalue weighted by atomic mass is 15.1. The molecule has 1 aliphatic heterocycles. The zero-order valence-corrected chi connectivity index (χ0v) is 10.3. The van der Waals surface area contributed by atoms with E-state index in [1.165, 1.54) is 38.9 Å². The van der Waals surface area contributed by atoms with Gasteiger partial charge in [-0.3, -0.25) is 0 Å². The first-order valence-corrected chi connectivity index (χ1v) is 5.95. The third kappa shape index (κ3) is 3.97. The lowest BCUT2D eigenvalue weighted by molar-refractivity contribution is 0.307. The summed E-state index contributed by atoms with van der Waals surface area (Å²) in [6, 6.07) is 0.754. The number of hydrogen-bond acceptors (Lipinski definition) is 2. The van der Waals surface area contributed by atoms with Crippen molar-refractivity contribution in [3.63, 3.8) is 0 Å². The number of hydrogen-bond donors (Lipinski definition) is 1. The predicted octanol–water partition coefficient (Wildman–Crippen LogP) is 2.11. The molecule has 1 fully saturated rings. The van der Waals surface area contributed by atoms with Crippen LogP contribution in [0.2, 0.25) is 0 Å². The van der Waals surface area contributed by atoms with Gasteiger partial charge in [-0.05, 0) is 44.8 Å². The van der Waals surface area contributed by atoms with Crippen molar-refractivity contribution in [3.8, 4) is 0 Å². The molecule has 1 saturated heterocycles. The van der Waals surface area contributed by atoms with Crippen LogP contribution in [0.5, 0.6) is 0 Å². The summed E-state index contributed by atoms with van der Waals surface area (Å²) in [5, 5.41) is 3.62. The largest absolute Gasteiger partial charge is 0.313 e. The molecule has 1 unspecified atom stereocenters. The molecule has 0 aromatic heterocycles. The van der Waals surface area contributed by atoms with E-state index in [4.69, 9.17) is 0 Å². The Balaban J connectivity index is 2.14. The van der Waals surface area contributed by atoms with Crippen molar-refractivity contribution in [2.75, 3.05) is 26.7 Å². The van der Waals surface area contributed by atoms with E-state index in [9.17, 15) is 0 Å². The molecule has 1 rings (SSSR count). The minimum atomic E-state index is 0.522. The second-order valence-corrected chi connectivity index (χ2v) is 5.54. The summed E-state index contributed by atoms with van der Waals surface area (Å²) in [6.07, 6.45) is 3.91. The van der Waals surface area contributed by atoms with Gasteiger partial charge in [0.25, 0.3) is 0 Å². The monoisotopic (exact) mass is 198 g/mol. The molecular formula is C12H26N2. The quantitative estimate of drug-likeness (QED) is 0.728. The number of nitrogens with one attached hydrogen (secondary N) is 1. The summed E-state index contributed by atoms with van der Waals surface area (Å²) in [5.74, 6) is 0. The minimum Gasteiger partial charge on any atom is -0.313 e. The SMILES string of the molecule is CCCN(C)CCC1CC(C)(C)CN1. The van der Waals surface area contributed by atoms with E-state index < -0.39 is 0 Å². The molecule has 0 spiro atoms. The van der Waals surface area contributed by atoms with E-state index >= 15 is 0 Å². The van der Waals surface area contributed by atoms with Crippen molar-refractivity contribution in [3.05, 3.63) is 0 Å². The van der Waals surface area contributed by atoms with Crippen LogP contribution in [-0.2, 0) is 0 Å². The topological polar surface area (TPSA) is 15.3 Å². The molecule has 84 valence electrons. The van der Waals surface area contributed by atoms with Crippen LogP contribution in [0, 0.1) is 5.41 Å². The van der Waals surface area contributed by atoms with E-state index in [1.807, 2.05) is 0 Å². The van der Waals surface area contributed by atoms with Gasteiger partial charge < -0.3 is 10.2 Å². The Morgan fingerprint density at radius 3 is 2.57 bits per heavy atom. The summed E-state index contributed by atoms with van der Waals surface area (Å²) in [6.45, 7) is 10.6. The van der Waals surface area contributed by atoms with Crippen molar-refractivity contribution < 1.29 is 0 Å². The molecular weight excluding hydrogens is 172 g/mol. The third-order valence-electron chi connectivity index (χ3n) is 3.13. The summed E-state index contributed by atoms with van der Waals surface area (Å²) >= 11 is 0. The molecule has 1 heterocycles. The summed E-state index contributed by atoms with van der Waals surface area (Å²) in [7, 11) is 2.23. The maximum Gasteiger partial charge on any atom is 0.00850 e. The number of rotatable bonds is 5. The van der Waals surface area contributed by atoms with E-state index in [0.29, 0.717) is 5.41 Å². The Labute approximate surface area is 89.1 Å². The van der Waals surface area contributed by atoms with Gasteiger partial charge in [-0.25, -0.2) is 0 Å². The summed E-state index contributed by atoms with van der Waals surface area (Å²) in [5.41, 5.74) is 0.522. The second kappa shape index (κ2) is 5.13. The van der Waals surface area contributed by atoms with Crippen LogP contribution in [0.15, 0.2) is 0 Å². The molecule has 0 saturated carbocycles. The lowest BCUT2D eigenvalue weighted by atomic mass is 9.90. The molecule has 1 aliphatic rings. The Kier molecular flexibility index (Phi) is 4.39. The Morgan fingerprint density at radius 1 is 1.36 bits per heavy atom. The predicted molar refractivity (Wildman–Crippen MR) is 62.6 cm³/mol. The van der Waals surface area contributed by atoms with Gasteiger partial charge in [0.2, 0.25) is 0 Å². The standard InChI is InChI=1S/C12H26N2/c1-5-7-14(4)8-6-11-9-12(2,3)10-13-11/h11,13H,5-10H2,1-4H3. The van der Waals surface area contributed by atoms with Crippen LogP contribution in [0.4, 0.5) is 0 Å². The van der Waals surface area contributed by atoms with Crippen molar-refractivity contribution in [2.45, 2.75) is 46.1 Å². The van der Waals surface area contributed by atoms with Gasteiger partial charge in [0.15, 0.2) is 0 Å². The fourth-order valence-corrected chi connectivity index (χ4v) is 2.31. The number of nitrogens with zero attached hydrogens (tertiary/aromatic N) is 1. The van der Waals surface area contributed by atoms with Gasteiger partial charge in [-0.15, -0.1) is 0 Å². The van der Waals surface area contributed by atoms with Crippen molar-refractivity contribution in [1.29, 1.82) is 0 Å². The van der Waals surface area contributed by atoms with Gasteiger partial charge in [-0.1, -0.05) is 20.8 Å². The lowest BCUT2D eigenvalue weighted by Gasteiger charge is -2.19. The van der Waals surface area contributed by atoms with Crippen molar-refractivity contribution in [2.24, 2.45) is 5.41 Å². The van der Waals surface area contributed by atoms with Gasteiger partial charge in [0.05, 0.1) is 0 Å². The summed E-state index contributed by atoms with van der Waals surface area (Å²) < 4.78 is 0. The Hall–Kier alpha value is -0.0800. The highest BCUT2D eigenvalue weighted by Gasteiger charge is 2.29. The van der Waals surface area contributed by atoms with Gasteiger partial charge in [0, 0.05) is 12.6 Å². The Morgan fingerprint density at radius 2 is 2.07 bits per heavy atom. The first kappa shape index (κ1) is 12.0. The lowest BCUT2D eigenvalue weighted by Crippen LogP contribution is -2.28. The van der Waals surface area contributed by atoms with Crippen LogP contribution < -0.4 is 5.32 Å². The van der Waals surface area contributed by atoms with Crippen LogP contribution in [-0.4, -0.2) is 37.6 Å². The smallest absolute Gasteiger partial charge is 0.00850 e. The molecule has 0 amide bonds. The molecule has 0 aliphatic carbocycles. The van der Waals surface area contributed by atoms with Gasteiger partial charge in [0.1, 0.15) is 0 Å². The van der Waals surface area contributed by atoms with Crippen LogP contribution in [0.1, 0.15) is 40.0 Å². The van der Waals surface area contributed by atoms with Crippen LogP contribution in [0.3, 0.4) is 0 Å². The van der Waals surface area contributed by atoms with Crippen molar-refractivity contribution in [1.82, 2.24) is 10.2 Å². The average Bonchev–Trinajstić information content (AvgIpc) is 2.43. The van der Waals surface area contributed by atoms with Crippen molar-refractivity contribution >= 4 is 0 Å². The first-order chi connectivity index (χ1) is 6.53. The van der Waals surface area contributed by atoms with E-state index in [2.05, 4.69) is 38.0 Å². The zero-order valence-electron chi connectivity index (χ0n) is 10.3. The zero-order chi connectivity index (χ0) is 10.6. The molecule has 0 bridgehead atoms. The second-order valence-electron chi connectivity index (χ2n) is 5.54. The molecule has 1 atom stereocenters. The molecule has 0 aromatic carbocycles. The highest BCUT2D eigenvalue weighted by molar-refractivity contribution is 4.87. The molecule has 14 heavy (non-hydrogen) atoms. The Bertz CT molecular complexity index is 166. The molecule has 0 aromatic rings. The van der Waals surface area contributed by atoms with Crippen LogP contribution in [0.25, 0.3) is 0 Å². The van der Waals surface area contributed by atoms with E-state index in [-0.39, 0.29) is 0 Å². The minimum absolute atomic E-state index is 0.522. The molecule has 1 N–H and O–H groups in total. The maximum absolute atomic E-state index is 3.62. The third-order valence-corrected chi connectivity index (χ3v) is 3.13. The van der Waals surface area contributed by atoms with Gasteiger partial charge >= 0.3 is 0 Å². The highest BCUT2D eigenvalue weighted by Crippen LogP contribution is 2.28. The fourth-order valence-electron chi connectivity index (χ4n) is 2.31. The van der Waals surface area contributed by atoms with Crippen LogP contribution >= 0.6 is 0 Å². The van der Waals surface area contributed by atoms with E-state index in [1.54, 1.807) is 0 Å². The van der Waals surface area contributed by atoms with Gasteiger partial charge in [-0.2, -0.15) is 0 Å².